The molecular weight excluding hydrogens is 217 g/mol. The molecule has 0 aliphatic heterocycles. The molecule has 0 bridgehead atoms. The lowest BCUT2D eigenvalue weighted by Gasteiger charge is -1.94. The lowest BCUT2D eigenvalue weighted by Crippen LogP contribution is -2.12. The Morgan fingerprint density at radius 1 is 1.67 bits per heavy atom. The van der Waals surface area contributed by atoms with Crippen molar-refractivity contribution in [3.8, 4) is 0 Å². The summed E-state index contributed by atoms with van der Waals surface area (Å²) in [7, 11) is 0. The Morgan fingerprint density at radius 3 is 2.75 bits per heavy atom. The summed E-state index contributed by atoms with van der Waals surface area (Å²) in [4.78, 5) is 4.63. The Labute approximate surface area is 84.4 Å². The molecule has 0 saturated heterocycles. The fraction of sp³-hybridized carbons (Fsp3) is 0.333. The number of rotatable bonds is 2. The number of amidine groups is 1. The summed E-state index contributed by atoms with van der Waals surface area (Å²) >= 11 is 12.6. The zero-order chi connectivity index (χ0) is 9.14. The van der Waals surface area contributed by atoms with Gasteiger partial charge in [-0.25, -0.2) is 0 Å². The highest BCUT2D eigenvalue weighted by molar-refractivity contribution is 7.09. The van der Waals surface area contributed by atoms with E-state index in [0.29, 0.717) is 22.3 Å². The van der Waals surface area contributed by atoms with E-state index in [-0.39, 0.29) is 5.15 Å². The second kappa shape index (κ2) is 4.07. The summed E-state index contributed by atoms with van der Waals surface area (Å²) in [5, 5.41) is 0.669. The van der Waals surface area contributed by atoms with Gasteiger partial charge < -0.3 is 5.73 Å². The van der Waals surface area contributed by atoms with Crippen LogP contribution in [-0.4, -0.2) is 16.8 Å². The normalized spacial score (nSPS) is 12.1. The van der Waals surface area contributed by atoms with Gasteiger partial charge in [0.25, 0.3) is 0 Å². The summed E-state index contributed by atoms with van der Waals surface area (Å²) < 4.78 is 3.83. The zero-order valence-corrected chi connectivity index (χ0v) is 8.67. The third-order valence-corrected chi connectivity index (χ3v) is 2.98. The highest BCUT2D eigenvalue weighted by Gasteiger charge is 2.12. The summed E-state index contributed by atoms with van der Waals surface area (Å²) in [5.74, 6) is 0.395. The Kier molecular flexibility index (Phi) is 3.31. The van der Waals surface area contributed by atoms with Crippen molar-refractivity contribution in [2.24, 2.45) is 10.7 Å². The van der Waals surface area contributed by atoms with Crippen molar-refractivity contribution in [3.63, 3.8) is 0 Å². The lowest BCUT2D eigenvalue weighted by molar-refractivity contribution is 1.12. The van der Waals surface area contributed by atoms with E-state index in [9.17, 15) is 0 Å². The molecule has 1 aromatic rings. The molecule has 1 rings (SSSR count). The Morgan fingerprint density at radius 2 is 2.33 bits per heavy atom. The average molecular weight is 224 g/mol. The van der Waals surface area contributed by atoms with Crippen LogP contribution >= 0.6 is 34.7 Å². The molecule has 0 atom stereocenters. The van der Waals surface area contributed by atoms with Crippen molar-refractivity contribution in [1.82, 2.24) is 4.37 Å². The highest BCUT2D eigenvalue weighted by atomic mass is 35.5. The van der Waals surface area contributed by atoms with Crippen LogP contribution in [0.15, 0.2) is 4.99 Å². The second-order valence-electron chi connectivity index (χ2n) is 1.98. The molecule has 1 heterocycles. The molecule has 0 amide bonds. The zero-order valence-electron chi connectivity index (χ0n) is 6.34. The molecule has 0 unspecified atom stereocenters. The number of hydrogen-bond acceptors (Lipinski definition) is 3. The van der Waals surface area contributed by atoms with Gasteiger partial charge in [0.2, 0.25) is 0 Å². The van der Waals surface area contributed by atoms with Gasteiger partial charge in [-0.1, -0.05) is 23.2 Å². The van der Waals surface area contributed by atoms with E-state index in [2.05, 4.69) is 9.37 Å². The molecule has 0 radical (unpaired) electrons. The van der Waals surface area contributed by atoms with Gasteiger partial charge in [0.1, 0.15) is 15.7 Å². The molecule has 0 aromatic carbocycles. The summed E-state index contributed by atoms with van der Waals surface area (Å²) in [6, 6.07) is 0. The number of nitrogens with zero attached hydrogens (tertiary/aromatic N) is 2. The van der Waals surface area contributed by atoms with Crippen LogP contribution in [0.4, 0.5) is 0 Å². The van der Waals surface area contributed by atoms with Gasteiger partial charge in [-0.05, 0) is 18.5 Å². The fourth-order valence-corrected chi connectivity index (χ4v) is 1.81. The fourth-order valence-electron chi connectivity index (χ4n) is 0.661. The van der Waals surface area contributed by atoms with Crippen molar-refractivity contribution < 1.29 is 0 Å². The maximum Gasteiger partial charge on any atom is 0.162 e. The van der Waals surface area contributed by atoms with Crippen molar-refractivity contribution in [2.75, 3.05) is 6.54 Å². The lowest BCUT2D eigenvalue weighted by atomic mass is 10.4. The predicted octanol–water partition coefficient (Wildman–Crippen LogP) is 2.18. The van der Waals surface area contributed by atoms with Crippen LogP contribution in [0.5, 0.6) is 0 Å². The minimum absolute atomic E-state index is 0.283. The summed E-state index contributed by atoms with van der Waals surface area (Å²) in [5.41, 5.74) is 5.60. The van der Waals surface area contributed by atoms with Crippen LogP contribution in [0.25, 0.3) is 0 Å². The third-order valence-electron chi connectivity index (χ3n) is 1.16. The molecule has 6 heteroatoms. The molecule has 66 valence electrons. The number of aliphatic imine (C=N–C) groups is 1. The van der Waals surface area contributed by atoms with E-state index in [4.69, 9.17) is 28.9 Å². The van der Waals surface area contributed by atoms with Crippen LogP contribution in [0.3, 0.4) is 0 Å². The van der Waals surface area contributed by atoms with Crippen LogP contribution in [0, 0.1) is 0 Å². The van der Waals surface area contributed by atoms with E-state index in [1.165, 1.54) is 0 Å². The smallest absolute Gasteiger partial charge is 0.162 e. The highest BCUT2D eigenvalue weighted by Crippen LogP contribution is 2.27. The standard InChI is InChI=1S/C6H7Cl2N3S/c1-2-10-6(9)4-3(7)5(8)11-12-4/h2H2,1H3,(H2,9,10). The molecule has 2 N–H and O–H groups in total. The molecule has 1 aromatic heterocycles. The van der Waals surface area contributed by atoms with Gasteiger partial charge in [0, 0.05) is 6.54 Å². The van der Waals surface area contributed by atoms with Gasteiger partial charge in [-0.15, -0.1) is 0 Å². The molecule has 0 fully saturated rings. The largest absolute Gasteiger partial charge is 0.383 e. The van der Waals surface area contributed by atoms with Gasteiger partial charge in [0.05, 0.1) is 0 Å². The Balaban J connectivity index is 3.03. The van der Waals surface area contributed by atoms with Crippen LogP contribution in [-0.2, 0) is 0 Å². The number of aromatic nitrogens is 1. The van der Waals surface area contributed by atoms with E-state index < -0.39 is 0 Å². The van der Waals surface area contributed by atoms with Crippen LogP contribution in [0.2, 0.25) is 10.2 Å². The number of halogens is 2. The Hall–Kier alpha value is -0.320. The maximum atomic E-state index is 5.79. The predicted molar refractivity (Wildman–Crippen MR) is 53.4 cm³/mol. The van der Waals surface area contributed by atoms with Gasteiger partial charge in [-0.2, -0.15) is 4.37 Å². The molecule has 0 saturated carbocycles. The van der Waals surface area contributed by atoms with Gasteiger partial charge in [-0.3, -0.25) is 4.99 Å². The first-order valence-corrected chi connectivity index (χ1v) is 4.80. The van der Waals surface area contributed by atoms with E-state index >= 15 is 0 Å². The van der Waals surface area contributed by atoms with Crippen molar-refractivity contribution >= 4 is 40.6 Å². The number of hydrogen-bond donors (Lipinski definition) is 1. The van der Waals surface area contributed by atoms with Crippen molar-refractivity contribution in [2.45, 2.75) is 6.92 Å². The van der Waals surface area contributed by atoms with E-state index in [0.717, 1.165) is 11.5 Å². The molecule has 3 nitrogen and oxygen atoms in total. The average Bonchev–Trinajstić information content (AvgIpc) is 2.34. The molecule has 0 spiro atoms. The SMILES string of the molecule is CCN=C(N)c1snc(Cl)c1Cl. The maximum absolute atomic E-state index is 5.79. The summed E-state index contributed by atoms with van der Waals surface area (Å²) in [6.07, 6.45) is 0. The Bertz CT molecular complexity index is 308. The summed E-state index contributed by atoms with van der Waals surface area (Å²) in [6.45, 7) is 2.51. The molecular formula is C6H7Cl2N3S. The van der Waals surface area contributed by atoms with E-state index in [1.807, 2.05) is 6.92 Å². The topological polar surface area (TPSA) is 51.3 Å². The number of nitrogens with two attached hydrogens (primary N) is 1. The second-order valence-corrected chi connectivity index (χ2v) is 3.49. The van der Waals surface area contributed by atoms with Crippen LogP contribution < -0.4 is 5.73 Å². The minimum atomic E-state index is 0.283. The monoisotopic (exact) mass is 223 g/mol. The molecule has 0 aliphatic rings. The van der Waals surface area contributed by atoms with Crippen LogP contribution in [0.1, 0.15) is 11.8 Å². The van der Waals surface area contributed by atoms with Crippen molar-refractivity contribution in [1.29, 1.82) is 0 Å². The molecule has 12 heavy (non-hydrogen) atoms. The van der Waals surface area contributed by atoms with Gasteiger partial charge >= 0.3 is 0 Å². The van der Waals surface area contributed by atoms with E-state index in [1.54, 1.807) is 0 Å². The minimum Gasteiger partial charge on any atom is -0.383 e. The first-order valence-electron chi connectivity index (χ1n) is 3.27. The van der Waals surface area contributed by atoms with Gasteiger partial charge in [0.15, 0.2) is 5.15 Å². The first kappa shape index (κ1) is 9.77. The molecule has 0 aliphatic carbocycles. The first-order chi connectivity index (χ1) is 5.66. The third kappa shape index (κ3) is 1.88. The quantitative estimate of drug-likeness (QED) is 0.618. The van der Waals surface area contributed by atoms with Crippen molar-refractivity contribution in [3.05, 3.63) is 15.1 Å².